The smallest absolute Gasteiger partial charge is 0.305 e. The third-order valence-corrected chi connectivity index (χ3v) is 2.62. The van der Waals surface area contributed by atoms with Crippen LogP contribution in [0.4, 0.5) is 5.69 Å². The van der Waals surface area contributed by atoms with Crippen molar-refractivity contribution in [3.63, 3.8) is 0 Å². The van der Waals surface area contributed by atoms with E-state index in [9.17, 15) is 4.79 Å². The second kappa shape index (κ2) is 8.56. The van der Waals surface area contributed by atoms with Crippen molar-refractivity contribution in [3.8, 4) is 0 Å². The van der Waals surface area contributed by atoms with Crippen LogP contribution in [0.25, 0.3) is 0 Å². The predicted octanol–water partition coefficient (Wildman–Crippen LogP) is 3.47. The first-order valence-electron chi connectivity index (χ1n) is 6.63. The Morgan fingerprint density at radius 3 is 2.67 bits per heavy atom. The molecule has 0 aliphatic carbocycles. The van der Waals surface area contributed by atoms with E-state index in [0.717, 1.165) is 25.1 Å². The Hall–Kier alpha value is -1.51. The van der Waals surface area contributed by atoms with Crippen LogP contribution >= 0.6 is 0 Å². The molecule has 1 rings (SSSR count). The van der Waals surface area contributed by atoms with Crippen LogP contribution in [0.3, 0.4) is 0 Å². The minimum absolute atomic E-state index is 0.0921. The van der Waals surface area contributed by atoms with Crippen LogP contribution in [-0.2, 0) is 9.53 Å². The average Bonchev–Trinajstić information content (AvgIpc) is 2.35. The molecule has 0 aliphatic rings. The normalized spacial score (nSPS) is 10.4. The third kappa shape index (κ3) is 6.94. The fraction of sp³-hybridized carbons (Fsp3) is 0.533. The van der Waals surface area contributed by atoms with E-state index in [1.807, 2.05) is 30.3 Å². The molecule has 0 saturated heterocycles. The lowest BCUT2D eigenvalue weighted by Gasteiger charge is -2.07. The molecule has 0 fully saturated rings. The monoisotopic (exact) mass is 249 g/mol. The van der Waals surface area contributed by atoms with Gasteiger partial charge in [0.2, 0.25) is 0 Å². The summed E-state index contributed by atoms with van der Waals surface area (Å²) < 4.78 is 5.14. The van der Waals surface area contributed by atoms with Crippen LogP contribution in [0.1, 0.15) is 33.1 Å². The maximum atomic E-state index is 11.4. The summed E-state index contributed by atoms with van der Waals surface area (Å²) in [4.78, 5) is 11.4. The number of para-hydroxylation sites is 1. The van der Waals surface area contributed by atoms with Gasteiger partial charge < -0.3 is 10.1 Å². The fourth-order valence-corrected chi connectivity index (χ4v) is 1.50. The summed E-state index contributed by atoms with van der Waals surface area (Å²) in [6.07, 6.45) is 2.22. The molecule has 3 heteroatoms. The van der Waals surface area contributed by atoms with Crippen molar-refractivity contribution in [1.29, 1.82) is 0 Å². The highest BCUT2D eigenvalue weighted by Crippen LogP contribution is 2.05. The zero-order valence-electron chi connectivity index (χ0n) is 11.3. The van der Waals surface area contributed by atoms with Gasteiger partial charge in [-0.05, 0) is 30.9 Å². The predicted molar refractivity (Wildman–Crippen MR) is 74.6 cm³/mol. The van der Waals surface area contributed by atoms with Gasteiger partial charge in [-0.3, -0.25) is 4.79 Å². The number of carbonyl (C=O) groups is 1. The largest absolute Gasteiger partial charge is 0.466 e. The molecule has 0 spiro atoms. The zero-order chi connectivity index (χ0) is 13.2. The van der Waals surface area contributed by atoms with Crippen molar-refractivity contribution in [2.45, 2.75) is 33.1 Å². The van der Waals surface area contributed by atoms with Gasteiger partial charge in [0.1, 0.15) is 0 Å². The molecule has 0 aliphatic heterocycles. The number of ether oxygens (including phenoxy) is 1. The van der Waals surface area contributed by atoms with Crippen LogP contribution < -0.4 is 5.32 Å². The summed E-state index contributed by atoms with van der Waals surface area (Å²) in [5, 5.41) is 3.27. The molecule has 1 aromatic rings. The van der Waals surface area contributed by atoms with Crippen LogP contribution in [0.5, 0.6) is 0 Å². The van der Waals surface area contributed by atoms with E-state index in [1.54, 1.807) is 0 Å². The molecule has 0 bridgehead atoms. The van der Waals surface area contributed by atoms with Crippen molar-refractivity contribution < 1.29 is 9.53 Å². The molecule has 0 heterocycles. The third-order valence-electron chi connectivity index (χ3n) is 2.62. The summed E-state index contributed by atoms with van der Waals surface area (Å²) >= 11 is 0. The topological polar surface area (TPSA) is 38.3 Å². The number of hydrogen-bond acceptors (Lipinski definition) is 3. The van der Waals surface area contributed by atoms with Gasteiger partial charge in [-0.15, -0.1) is 0 Å². The van der Waals surface area contributed by atoms with E-state index in [-0.39, 0.29) is 5.97 Å². The molecule has 3 nitrogen and oxygen atoms in total. The number of anilines is 1. The van der Waals surface area contributed by atoms with Crippen LogP contribution in [0.2, 0.25) is 0 Å². The summed E-state index contributed by atoms with van der Waals surface area (Å²) in [6, 6.07) is 9.99. The van der Waals surface area contributed by atoms with Gasteiger partial charge in [-0.2, -0.15) is 0 Å². The first-order chi connectivity index (χ1) is 8.68. The van der Waals surface area contributed by atoms with Gasteiger partial charge in [0.15, 0.2) is 0 Å². The van der Waals surface area contributed by atoms with Crippen LogP contribution in [0.15, 0.2) is 30.3 Å². The van der Waals surface area contributed by atoms with Gasteiger partial charge in [-0.1, -0.05) is 32.0 Å². The van der Waals surface area contributed by atoms with Crippen molar-refractivity contribution in [2.75, 3.05) is 18.5 Å². The highest BCUT2D eigenvalue weighted by molar-refractivity contribution is 5.69. The number of esters is 1. The van der Waals surface area contributed by atoms with Gasteiger partial charge in [0.25, 0.3) is 0 Å². The van der Waals surface area contributed by atoms with Crippen molar-refractivity contribution in [1.82, 2.24) is 0 Å². The van der Waals surface area contributed by atoms with E-state index in [4.69, 9.17) is 4.74 Å². The first kappa shape index (κ1) is 14.6. The van der Waals surface area contributed by atoms with Gasteiger partial charge in [0, 0.05) is 18.7 Å². The molecule has 0 aromatic heterocycles. The number of carbonyl (C=O) groups excluding carboxylic acids is 1. The molecule has 1 N–H and O–H groups in total. The van der Waals surface area contributed by atoms with Gasteiger partial charge in [0.05, 0.1) is 6.61 Å². The Balaban J connectivity index is 2.02. The molecular formula is C15H23NO2. The molecular weight excluding hydrogens is 226 g/mol. The standard InChI is InChI=1S/C15H23NO2/c1-13(2)10-12-18-15(17)9-6-11-16-14-7-4-3-5-8-14/h3-5,7-8,13,16H,6,9-12H2,1-2H3. The molecule has 0 atom stereocenters. The maximum Gasteiger partial charge on any atom is 0.305 e. The van der Waals surface area contributed by atoms with Gasteiger partial charge >= 0.3 is 5.97 Å². The number of benzene rings is 1. The zero-order valence-corrected chi connectivity index (χ0v) is 11.3. The molecule has 0 radical (unpaired) electrons. The van der Waals surface area contributed by atoms with E-state index in [0.29, 0.717) is 18.9 Å². The number of hydrogen-bond donors (Lipinski definition) is 1. The Bertz CT molecular complexity index is 336. The lowest BCUT2D eigenvalue weighted by molar-refractivity contribution is -0.144. The van der Waals surface area contributed by atoms with Crippen molar-refractivity contribution in [2.24, 2.45) is 5.92 Å². The highest BCUT2D eigenvalue weighted by Gasteiger charge is 2.03. The number of nitrogens with one attached hydrogen (secondary N) is 1. The molecule has 100 valence electrons. The summed E-state index contributed by atoms with van der Waals surface area (Å²) in [5.41, 5.74) is 1.09. The lowest BCUT2D eigenvalue weighted by atomic mass is 10.1. The molecule has 1 aromatic carbocycles. The van der Waals surface area contributed by atoms with Gasteiger partial charge in [-0.25, -0.2) is 0 Å². The van der Waals surface area contributed by atoms with Crippen molar-refractivity contribution >= 4 is 11.7 Å². The lowest BCUT2D eigenvalue weighted by Crippen LogP contribution is -2.10. The summed E-state index contributed by atoms with van der Waals surface area (Å²) in [5.74, 6) is 0.489. The Morgan fingerprint density at radius 1 is 1.28 bits per heavy atom. The average molecular weight is 249 g/mol. The molecule has 0 amide bonds. The Morgan fingerprint density at radius 2 is 2.00 bits per heavy atom. The summed E-state index contributed by atoms with van der Waals surface area (Å²) in [6.45, 7) is 5.58. The molecule has 0 unspecified atom stereocenters. The first-order valence-corrected chi connectivity index (χ1v) is 6.63. The Kier molecular flexibility index (Phi) is 6.92. The minimum Gasteiger partial charge on any atom is -0.466 e. The minimum atomic E-state index is -0.0921. The van der Waals surface area contributed by atoms with Crippen LogP contribution in [0, 0.1) is 5.92 Å². The van der Waals surface area contributed by atoms with Crippen molar-refractivity contribution in [3.05, 3.63) is 30.3 Å². The van der Waals surface area contributed by atoms with E-state index >= 15 is 0 Å². The van der Waals surface area contributed by atoms with E-state index < -0.39 is 0 Å². The quantitative estimate of drug-likeness (QED) is 0.566. The molecule has 18 heavy (non-hydrogen) atoms. The number of rotatable bonds is 8. The van der Waals surface area contributed by atoms with Crippen LogP contribution in [-0.4, -0.2) is 19.1 Å². The van der Waals surface area contributed by atoms with E-state index in [2.05, 4.69) is 19.2 Å². The fourth-order valence-electron chi connectivity index (χ4n) is 1.50. The van der Waals surface area contributed by atoms with E-state index in [1.165, 1.54) is 0 Å². The second-order valence-electron chi connectivity index (χ2n) is 4.80. The summed E-state index contributed by atoms with van der Waals surface area (Å²) in [7, 11) is 0. The molecule has 0 saturated carbocycles. The maximum absolute atomic E-state index is 11.4. The second-order valence-corrected chi connectivity index (χ2v) is 4.80. The SMILES string of the molecule is CC(C)CCOC(=O)CCCNc1ccccc1. The Labute approximate surface area is 110 Å². The highest BCUT2D eigenvalue weighted by atomic mass is 16.5.